The average molecular weight is 375 g/mol. The van der Waals surface area contributed by atoms with Crippen LogP contribution >= 0.6 is 11.3 Å². The maximum absolute atomic E-state index is 12.3. The number of aromatic nitrogens is 2. The van der Waals surface area contributed by atoms with Crippen LogP contribution in [0.1, 0.15) is 24.8 Å². The van der Waals surface area contributed by atoms with Crippen LogP contribution < -0.4 is 15.0 Å². The molecule has 26 heavy (non-hydrogen) atoms. The van der Waals surface area contributed by atoms with Crippen molar-refractivity contribution in [3.05, 3.63) is 29.3 Å². The second-order valence-electron chi connectivity index (χ2n) is 6.58. The van der Waals surface area contributed by atoms with Gasteiger partial charge in [0.25, 0.3) is 0 Å². The molecule has 1 aliphatic rings. The Balaban J connectivity index is 1.49. The van der Waals surface area contributed by atoms with E-state index in [1.165, 1.54) is 11.3 Å². The van der Waals surface area contributed by atoms with E-state index in [0.717, 1.165) is 42.6 Å². The number of rotatable bonds is 6. The van der Waals surface area contributed by atoms with E-state index in [1.54, 1.807) is 7.11 Å². The molecule has 7 nitrogen and oxygen atoms in total. The summed E-state index contributed by atoms with van der Waals surface area (Å²) in [5, 5.41) is 12.5. The number of carbonyl (C=O) groups is 1. The van der Waals surface area contributed by atoms with Gasteiger partial charge in [-0.25, -0.2) is 0 Å². The number of piperazine rings is 1. The number of ether oxygens (including phenoxy) is 1. The second kappa shape index (κ2) is 8.46. The highest BCUT2D eigenvalue weighted by Gasteiger charge is 2.21. The summed E-state index contributed by atoms with van der Waals surface area (Å²) in [4.78, 5) is 16.7. The van der Waals surface area contributed by atoms with Crippen molar-refractivity contribution >= 4 is 28.1 Å². The van der Waals surface area contributed by atoms with Gasteiger partial charge in [0, 0.05) is 32.1 Å². The molecule has 3 rings (SSSR count). The summed E-state index contributed by atoms with van der Waals surface area (Å²) in [6.07, 6.45) is 0. The summed E-state index contributed by atoms with van der Waals surface area (Å²) in [5.74, 6) is 1.17. The molecule has 0 unspecified atom stereocenters. The summed E-state index contributed by atoms with van der Waals surface area (Å²) >= 11 is 1.44. The van der Waals surface area contributed by atoms with E-state index in [0.29, 0.717) is 17.6 Å². The number of hydrogen-bond acceptors (Lipinski definition) is 7. The number of benzene rings is 1. The van der Waals surface area contributed by atoms with Crippen LogP contribution in [0.15, 0.2) is 24.3 Å². The predicted molar refractivity (Wildman–Crippen MR) is 104 cm³/mol. The van der Waals surface area contributed by atoms with E-state index >= 15 is 0 Å². The Hall–Kier alpha value is -2.19. The fraction of sp³-hybridized carbons (Fsp3) is 0.500. The number of para-hydroxylation sites is 2. The zero-order valence-corrected chi connectivity index (χ0v) is 16.3. The van der Waals surface area contributed by atoms with E-state index in [-0.39, 0.29) is 5.91 Å². The highest BCUT2D eigenvalue weighted by atomic mass is 32.1. The standard InChI is InChI=1S/C18H25N5O2S/c1-13(2)17-20-21-18(26-17)19-16(24)12-22-8-10-23(11-9-22)14-6-4-5-7-15(14)25-3/h4-7,13H,8-12H2,1-3H3,(H,19,21,24). The molecule has 2 heterocycles. The van der Waals surface area contributed by atoms with E-state index in [4.69, 9.17) is 4.74 Å². The average Bonchev–Trinajstić information content (AvgIpc) is 3.11. The van der Waals surface area contributed by atoms with Gasteiger partial charge in [-0.3, -0.25) is 15.0 Å². The molecule has 8 heteroatoms. The molecule has 1 aromatic carbocycles. The van der Waals surface area contributed by atoms with E-state index in [2.05, 4.69) is 45.2 Å². The van der Waals surface area contributed by atoms with Gasteiger partial charge in [0.15, 0.2) is 0 Å². The van der Waals surface area contributed by atoms with Crippen LogP contribution in [0.5, 0.6) is 5.75 Å². The molecular formula is C18H25N5O2S. The molecule has 1 N–H and O–H groups in total. The van der Waals surface area contributed by atoms with Crippen LogP contribution in [0, 0.1) is 0 Å². The zero-order chi connectivity index (χ0) is 18.5. The fourth-order valence-electron chi connectivity index (χ4n) is 2.92. The highest BCUT2D eigenvalue weighted by molar-refractivity contribution is 7.15. The van der Waals surface area contributed by atoms with Crippen molar-refractivity contribution < 1.29 is 9.53 Å². The first-order chi connectivity index (χ1) is 12.6. The van der Waals surface area contributed by atoms with Crippen molar-refractivity contribution in [3.63, 3.8) is 0 Å². The number of amides is 1. The molecule has 1 saturated heterocycles. The van der Waals surface area contributed by atoms with Gasteiger partial charge in [-0.1, -0.05) is 37.3 Å². The number of nitrogens with zero attached hydrogens (tertiary/aromatic N) is 4. The molecule has 0 radical (unpaired) electrons. The van der Waals surface area contributed by atoms with Crippen LogP contribution in [0.4, 0.5) is 10.8 Å². The van der Waals surface area contributed by atoms with Gasteiger partial charge in [-0.2, -0.15) is 0 Å². The van der Waals surface area contributed by atoms with E-state index in [9.17, 15) is 4.79 Å². The lowest BCUT2D eigenvalue weighted by Crippen LogP contribution is -2.48. The molecule has 0 spiro atoms. The lowest BCUT2D eigenvalue weighted by Gasteiger charge is -2.36. The SMILES string of the molecule is COc1ccccc1N1CCN(CC(=O)Nc2nnc(C(C)C)s2)CC1. The molecular weight excluding hydrogens is 350 g/mol. The maximum Gasteiger partial charge on any atom is 0.240 e. The van der Waals surface area contributed by atoms with Crippen LogP contribution in [-0.4, -0.2) is 60.8 Å². The van der Waals surface area contributed by atoms with Crippen LogP contribution in [0.3, 0.4) is 0 Å². The zero-order valence-electron chi connectivity index (χ0n) is 15.4. The summed E-state index contributed by atoms with van der Waals surface area (Å²) in [5.41, 5.74) is 1.11. The molecule has 0 bridgehead atoms. The molecule has 1 fully saturated rings. The van der Waals surface area contributed by atoms with Crippen molar-refractivity contribution in [1.29, 1.82) is 0 Å². The monoisotopic (exact) mass is 375 g/mol. The third kappa shape index (κ3) is 4.50. The minimum absolute atomic E-state index is 0.0396. The third-order valence-electron chi connectivity index (χ3n) is 4.35. The van der Waals surface area contributed by atoms with E-state index in [1.807, 2.05) is 18.2 Å². The van der Waals surface area contributed by atoms with Gasteiger partial charge in [0.05, 0.1) is 19.3 Å². The Labute approximate surface area is 158 Å². The lowest BCUT2D eigenvalue weighted by atomic mass is 10.2. The summed E-state index contributed by atoms with van der Waals surface area (Å²) in [7, 11) is 1.69. The van der Waals surface area contributed by atoms with Gasteiger partial charge >= 0.3 is 0 Å². The Kier molecular flexibility index (Phi) is 6.05. The van der Waals surface area contributed by atoms with Gasteiger partial charge in [0.1, 0.15) is 10.8 Å². The summed E-state index contributed by atoms with van der Waals surface area (Å²) in [6.45, 7) is 7.89. The molecule has 0 saturated carbocycles. The fourth-order valence-corrected chi connectivity index (χ4v) is 3.68. The van der Waals surface area contributed by atoms with Gasteiger partial charge in [-0.05, 0) is 12.1 Å². The number of hydrogen-bond donors (Lipinski definition) is 1. The maximum atomic E-state index is 12.3. The van der Waals surface area contributed by atoms with Crippen molar-refractivity contribution in [1.82, 2.24) is 15.1 Å². The second-order valence-corrected chi connectivity index (χ2v) is 7.59. The molecule has 140 valence electrons. The highest BCUT2D eigenvalue weighted by Crippen LogP contribution is 2.28. The first-order valence-corrected chi connectivity index (χ1v) is 9.62. The van der Waals surface area contributed by atoms with Crippen LogP contribution in [0.2, 0.25) is 0 Å². The molecule has 2 aromatic rings. The topological polar surface area (TPSA) is 70.6 Å². The molecule has 0 aliphatic carbocycles. The van der Waals surface area contributed by atoms with Crippen LogP contribution in [0.25, 0.3) is 0 Å². The molecule has 1 amide bonds. The third-order valence-corrected chi connectivity index (χ3v) is 5.49. The number of anilines is 2. The van der Waals surface area contributed by atoms with Gasteiger partial charge in [0.2, 0.25) is 11.0 Å². The smallest absolute Gasteiger partial charge is 0.240 e. The first-order valence-electron chi connectivity index (χ1n) is 8.80. The summed E-state index contributed by atoms with van der Waals surface area (Å²) in [6, 6.07) is 8.04. The Morgan fingerprint density at radius 3 is 2.62 bits per heavy atom. The van der Waals surface area contributed by atoms with Crippen molar-refractivity contribution in [2.75, 3.05) is 50.1 Å². The Morgan fingerprint density at radius 2 is 1.96 bits per heavy atom. The number of nitrogens with one attached hydrogen (secondary N) is 1. The molecule has 0 atom stereocenters. The van der Waals surface area contributed by atoms with Crippen LogP contribution in [-0.2, 0) is 4.79 Å². The Bertz CT molecular complexity index is 741. The van der Waals surface area contributed by atoms with Crippen molar-refractivity contribution in [2.24, 2.45) is 0 Å². The minimum Gasteiger partial charge on any atom is -0.495 e. The largest absolute Gasteiger partial charge is 0.495 e. The van der Waals surface area contributed by atoms with Gasteiger partial charge < -0.3 is 9.64 Å². The quantitative estimate of drug-likeness (QED) is 0.836. The first kappa shape index (κ1) is 18.6. The lowest BCUT2D eigenvalue weighted by molar-refractivity contribution is -0.117. The van der Waals surface area contributed by atoms with Gasteiger partial charge in [-0.15, -0.1) is 10.2 Å². The van der Waals surface area contributed by atoms with Crippen molar-refractivity contribution in [3.8, 4) is 5.75 Å². The molecule has 1 aliphatic heterocycles. The van der Waals surface area contributed by atoms with Crippen molar-refractivity contribution in [2.45, 2.75) is 19.8 Å². The normalized spacial score (nSPS) is 15.3. The van der Waals surface area contributed by atoms with E-state index < -0.39 is 0 Å². The predicted octanol–water partition coefficient (Wildman–Crippen LogP) is 2.43. The summed E-state index contributed by atoms with van der Waals surface area (Å²) < 4.78 is 5.44. The number of methoxy groups -OCH3 is 1. The minimum atomic E-state index is -0.0396. The Morgan fingerprint density at radius 1 is 1.23 bits per heavy atom. The molecule has 1 aromatic heterocycles. The number of carbonyl (C=O) groups excluding carboxylic acids is 1.